The largest absolute Gasteiger partial charge is 0.347 e. The van der Waals surface area contributed by atoms with Crippen LogP contribution >= 0.6 is 12.2 Å². The highest BCUT2D eigenvalue weighted by Gasteiger charge is 2.27. The third-order valence-corrected chi connectivity index (χ3v) is 5.15. The number of carbonyl (C=O) groups is 2. The van der Waals surface area contributed by atoms with Crippen LogP contribution in [0.4, 0.5) is 0 Å². The summed E-state index contributed by atoms with van der Waals surface area (Å²) in [5.74, 6) is 0.164. The average Bonchev–Trinajstić information content (AvgIpc) is 3.41. The van der Waals surface area contributed by atoms with Gasteiger partial charge < -0.3 is 10.6 Å². The molecule has 1 fully saturated rings. The molecular weight excluding hydrogens is 374 g/mol. The zero-order valence-electron chi connectivity index (χ0n) is 16.7. The molecule has 1 aromatic heterocycles. The number of hydrogen-bond acceptors (Lipinski definition) is 4. The number of nitrogens with zero attached hydrogens (tertiary/aromatic N) is 2. The molecule has 1 aliphatic rings. The van der Waals surface area contributed by atoms with E-state index in [1.807, 2.05) is 16.7 Å². The van der Waals surface area contributed by atoms with E-state index in [0.29, 0.717) is 22.2 Å². The van der Waals surface area contributed by atoms with Gasteiger partial charge in [0.05, 0.1) is 6.54 Å². The number of H-pyrrole nitrogens is 1. The number of benzene rings is 1. The minimum Gasteiger partial charge on any atom is -0.347 e. The third-order valence-electron chi connectivity index (χ3n) is 4.86. The van der Waals surface area contributed by atoms with Crippen LogP contribution in [0, 0.1) is 4.77 Å². The highest BCUT2D eigenvalue weighted by molar-refractivity contribution is 7.71. The highest BCUT2D eigenvalue weighted by Crippen LogP contribution is 2.35. The highest BCUT2D eigenvalue weighted by atomic mass is 32.1. The Labute approximate surface area is 169 Å². The molecule has 0 saturated heterocycles. The van der Waals surface area contributed by atoms with Crippen molar-refractivity contribution < 1.29 is 9.59 Å². The molecule has 0 bridgehead atoms. The van der Waals surface area contributed by atoms with Gasteiger partial charge in [-0.2, -0.15) is 5.10 Å². The maximum atomic E-state index is 12.4. The molecule has 2 amide bonds. The van der Waals surface area contributed by atoms with Crippen molar-refractivity contribution in [3.8, 4) is 0 Å². The molecule has 2 aromatic rings. The summed E-state index contributed by atoms with van der Waals surface area (Å²) in [7, 11) is 0. The number of amides is 2. The van der Waals surface area contributed by atoms with Crippen LogP contribution < -0.4 is 10.6 Å². The van der Waals surface area contributed by atoms with E-state index >= 15 is 0 Å². The molecule has 8 heteroatoms. The molecular formula is C20H27N5O2S. The van der Waals surface area contributed by atoms with Gasteiger partial charge in [0.1, 0.15) is 6.04 Å². The maximum Gasteiger partial charge on any atom is 0.251 e. The zero-order chi connectivity index (χ0) is 20.5. The Morgan fingerprint density at radius 3 is 2.50 bits per heavy atom. The summed E-state index contributed by atoms with van der Waals surface area (Å²) in [6.07, 6.45) is 2.16. The van der Waals surface area contributed by atoms with Crippen LogP contribution in [0.5, 0.6) is 0 Å². The number of aromatic amines is 1. The topological polar surface area (TPSA) is 91.8 Å². The first-order chi connectivity index (χ1) is 13.2. The van der Waals surface area contributed by atoms with Crippen LogP contribution in [0.15, 0.2) is 24.3 Å². The molecule has 1 heterocycles. The SMILES string of the molecule is CC(NC(=O)c1ccc(C(C)(C)C)cc1)C(=O)NCc1n[nH]c(=S)n1C1CC1. The number of rotatable bonds is 6. The van der Waals surface area contributed by atoms with Crippen LogP contribution in [-0.4, -0.2) is 32.6 Å². The molecule has 1 saturated carbocycles. The van der Waals surface area contributed by atoms with E-state index in [1.165, 1.54) is 0 Å². The molecule has 7 nitrogen and oxygen atoms in total. The van der Waals surface area contributed by atoms with Crippen LogP contribution in [0.3, 0.4) is 0 Å². The summed E-state index contributed by atoms with van der Waals surface area (Å²) < 4.78 is 2.53. The zero-order valence-corrected chi connectivity index (χ0v) is 17.5. The molecule has 1 aliphatic carbocycles. The van der Waals surface area contributed by atoms with Crippen molar-refractivity contribution in [2.24, 2.45) is 0 Å². The van der Waals surface area contributed by atoms with Gasteiger partial charge in [0.2, 0.25) is 5.91 Å². The van der Waals surface area contributed by atoms with Gasteiger partial charge in [-0.3, -0.25) is 19.3 Å². The average molecular weight is 402 g/mol. The van der Waals surface area contributed by atoms with E-state index in [-0.39, 0.29) is 23.8 Å². The monoisotopic (exact) mass is 401 g/mol. The van der Waals surface area contributed by atoms with E-state index in [2.05, 4.69) is 41.6 Å². The summed E-state index contributed by atoms with van der Waals surface area (Å²) in [6, 6.07) is 7.18. The van der Waals surface area contributed by atoms with E-state index in [0.717, 1.165) is 18.4 Å². The third kappa shape index (κ3) is 4.67. The smallest absolute Gasteiger partial charge is 0.251 e. The van der Waals surface area contributed by atoms with Crippen molar-refractivity contribution in [3.05, 3.63) is 46.0 Å². The van der Waals surface area contributed by atoms with E-state index in [9.17, 15) is 9.59 Å². The van der Waals surface area contributed by atoms with E-state index < -0.39 is 6.04 Å². The second-order valence-corrected chi connectivity index (χ2v) is 8.67. The molecule has 0 aliphatic heterocycles. The Bertz CT molecular complexity index is 919. The van der Waals surface area contributed by atoms with Crippen molar-refractivity contribution in [2.45, 2.75) is 64.6 Å². The van der Waals surface area contributed by atoms with Crippen molar-refractivity contribution in [3.63, 3.8) is 0 Å². The van der Waals surface area contributed by atoms with Crippen LogP contribution in [0.25, 0.3) is 0 Å². The molecule has 3 rings (SSSR count). The molecule has 0 radical (unpaired) electrons. The minimum atomic E-state index is -0.661. The van der Waals surface area contributed by atoms with E-state index in [4.69, 9.17) is 12.2 Å². The van der Waals surface area contributed by atoms with Gasteiger partial charge in [-0.1, -0.05) is 32.9 Å². The maximum absolute atomic E-state index is 12.4. The molecule has 1 aromatic carbocycles. The second kappa shape index (κ2) is 7.87. The Kier molecular flexibility index (Phi) is 5.69. The molecule has 28 heavy (non-hydrogen) atoms. The number of hydrogen-bond donors (Lipinski definition) is 3. The van der Waals surface area contributed by atoms with Gasteiger partial charge in [0.15, 0.2) is 10.6 Å². The predicted octanol–water partition coefficient (Wildman–Crippen LogP) is 3.01. The minimum absolute atomic E-state index is 0.0245. The standard InChI is InChI=1S/C20H27N5O2S/c1-12(22-18(27)13-5-7-14(8-6-13)20(2,3)4)17(26)21-11-16-23-24-19(28)25(16)15-9-10-15/h5-8,12,15H,9-11H2,1-4H3,(H,21,26)(H,22,27)(H,24,28). The fourth-order valence-corrected chi connectivity index (χ4v) is 3.26. The van der Waals surface area contributed by atoms with Gasteiger partial charge in [0, 0.05) is 11.6 Å². The van der Waals surface area contributed by atoms with Crippen LogP contribution in [-0.2, 0) is 16.8 Å². The quantitative estimate of drug-likeness (QED) is 0.649. The molecule has 1 atom stereocenters. The second-order valence-electron chi connectivity index (χ2n) is 8.29. The Morgan fingerprint density at radius 1 is 1.29 bits per heavy atom. The molecule has 1 unspecified atom stereocenters. The first-order valence-corrected chi connectivity index (χ1v) is 9.92. The lowest BCUT2D eigenvalue weighted by Crippen LogP contribution is -2.44. The molecule has 3 N–H and O–H groups in total. The fourth-order valence-electron chi connectivity index (χ4n) is 2.96. The van der Waals surface area contributed by atoms with Gasteiger partial charge in [-0.25, -0.2) is 0 Å². The predicted molar refractivity (Wildman–Crippen MR) is 110 cm³/mol. The Hall–Kier alpha value is -2.48. The lowest BCUT2D eigenvalue weighted by Gasteiger charge is -2.19. The number of aromatic nitrogens is 3. The summed E-state index contributed by atoms with van der Waals surface area (Å²) in [5, 5.41) is 12.5. The first kappa shape index (κ1) is 20.3. The Morgan fingerprint density at radius 2 is 1.93 bits per heavy atom. The van der Waals surface area contributed by atoms with Crippen molar-refractivity contribution in [1.29, 1.82) is 0 Å². The summed E-state index contributed by atoms with van der Waals surface area (Å²) in [4.78, 5) is 24.8. The van der Waals surface area contributed by atoms with Crippen molar-refractivity contribution in [2.75, 3.05) is 0 Å². The fraction of sp³-hybridized carbons (Fsp3) is 0.500. The normalized spacial score (nSPS) is 15.1. The number of carbonyl (C=O) groups excluding carboxylic acids is 2. The van der Waals surface area contributed by atoms with Crippen LogP contribution in [0.2, 0.25) is 0 Å². The summed E-state index contributed by atoms with van der Waals surface area (Å²) >= 11 is 5.24. The summed E-state index contributed by atoms with van der Waals surface area (Å²) in [6.45, 7) is 8.29. The molecule has 150 valence electrons. The first-order valence-electron chi connectivity index (χ1n) is 9.51. The molecule has 0 spiro atoms. The van der Waals surface area contributed by atoms with Crippen molar-refractivity contribution >= 4 is 24.0 Å². The van der Waals surface area contributed by atoms with Gasteiger partial charge in [-0.05, 0) is 55.1 Å². The summed E-state index contributed by atoms with van der Waals surface area (Å²) in [5.41, 5.74) is 1.71. The van der Waals surface area contributed by atoms with Gasteiger partial charge in [-0.15, -0.1) is 0 Å². The van der Waals surface area contributed by atoms with E-state index in [1.54, 1.807) is 19.1 Å². The van der Waals surface area contributed by atoms with Gasteiger partial charge >= 0.3 is 0 Å². The Balaban J connectivity index is 1.55. The lowest BCUT2D eigenvalue weighted by atomic mass is 9.86. The number of nitrogens with one attached hydrogen (secondary N) is 3. The van der Waals surface area contributed by atoms with Gasteiger partial charge in [0.25, 0.3) is 5.91 Å². The van der Waals surface area contributed by atoms with Crippen LogP contribution in [0.1, 0.15) is 68.3 Å². The lowest BCUT2D eigenvalue weighted by molar-refractivity contribution is -0.122. The van der Waals surface area contributed by atoms with Crippen molar-refractivity contribution in [1.82, 2.24) is 25.4 Å².